The molecular weight excluding hydrogens is 182 g/mol. The van der Waals surface area contributed by atoms with Crippen molar-refractivity contribution < 1.29 is 0 Å². The zero-order valence-electron chi connectivity index (χ0n) is 10.3. The highest BCUT2D eigenvalue weighted by molar-refractivity contribution is 5.14. The molecule has 1 nitrogen and oxygen atoms in total. The first-order valence-corrected chi connectivity index (χ1v) is 6.23. The molecule has 84 valence electrons. The van der Waals surface area contributed by atoms with Gasteiger partial charge in [-0.1, -0.05) is 26.2 Å². The Bertz CT molecular complexity index is 310. The van der Waals surface area contributed by atoms with Gasteiger partial charge >= 0.3 is 0 Å². The Morgan fingerprint density at radius 1 is 1.07 bits per heavy atom. The summed E-state index contributed by atoms with van der Waals surface area (Å²) in [5.41, 5.74) is 3.38. The molecule has 0 spiro atoms. The van der Waals surface area contributed by atoms with E-state index in [9.17, 15) is 0 Å². The molecule has 1 saturated carbocycles. The Balaban J connectivity index is 2.13. The summed E-state index contributed by atoms with van der Waals surface area (Å²) in [6.45, 7) is 8.13. The van der Waals surface area contributed by atoms with Gasteiger partial charge in [-0.15, -0.1) is 0 Å². The highest BCUT2D eigenvalue weighted by Crippen LogP contribution is 2.37. The maximum Gasteiger partial charge on any atom is 0.0278 e. The Kier molecular flexibility index (Phi) is 2.90. The van der Waals surface area contributed by atoms with E-state index in [0.29, 0.717) is 5.41 Å². The van der Waals surface area contributed by atoms with Gasteiger partial charge < -0.3 is 4.57 Å². The van der Waals surface area contributed by atoms with Crippen LogP contribution in [0.25, 0.3) is 0 Å². The molecule has 15 heavy (non-hydrogen) atoms. The van der Waals surface area contributed by atoms with E-state index >= 15 is 0 Å². The van der Waals surface area contributed by atoms with Gasteiger partial charge in [0.2, 0.25) is 0 Å². The predicted molar refractivity (Wildman–Crippen MR) is 65.1 cm³/mol. The summed E-state index contributed by atoms with van der Waals surface area (Å²) in [6, 6.07) is 4.48. The summed E-state index contributed by atoms with van der Waals surface area (Å²) in [7, 11) is 0. The van der Waals surface area contributed by atoms with Gasteiger partial charge in [0, 0.05) is 17.9 Å². The Labute approximate surface area is 93.5 Å². The van der Waals surface area contributed by atoms with Crippen molar-refractivity contribution in [2.45, 2.75) is 59.4 Å². The molecule has 1 aliphatic rings. The highest BCUT2D eigenvalue weighted by atomic mass is 15.0. The molecule has 1 fully saturated rings. The van der Waals surface area contributed by atoms with Gasteiger partial charge in [-0.25, -0.2) is 0 Å². The van der Waals surface area contributed by atoms with E-state index in [-0.39, 0.29) is 0 Å². The van der Waals surface area contributed by atoms with Crippen molar-refractivity contribution in [3.63, 3.8) is 0 Å². The van der Waals surface area contributed by atoms with Crippen molar-refractivity contribution in [3.8, 4) is 0 Å². The third-order valence-electron chi connectivity index (χ3n) is 4.02. The fourth-order valence-electron chi connectivity index (χ4n) is 2.89. The monoisotopic (exact) mass is 205 g/mol. The minimum absolute atomic E-state index is 0.548. The number of aryl methyl sites for hydroxylation is 2. The van der Waals surface area contributed by atoms with E-state index in [2.05, 4.69) is 37.5 Å². The van der Waals surface area contributed by atoms with Crippen molar-refractivity contribution in [2.75, 3.05) is 0 Å². The molecular formula is C14H23N. The Morgan fingerprint density at radius 2 is 1.60 bits per heavy atom. The van der Waals surface area contributed by atoms with E-state index in [1.807, 2.05) is 0 Å². The van der Waals surface area contributed by atoms with E-state index in [4.69, 9.17) is 0 Å². The number of aromatic nitrogens is 1. The quantitative estimate of drug-likeness (QED) is 0.685. The minimum atomic E-state index is 0.548. The summed E-state index contributed by atoms with van der Waals surface area (Å²) < 4.78 is 2.49. The second-order valence-electron chi connectivity index (χ2n) is 5.57. The van der Waals surface area contributed by atoms with Crippen LogP contribution >= 0.6 is 0 Å². The molecule has 0 aromatic carbocycles. The molecule has 1 heterocycles. The van der Waals surface area contributed by atoms with Gasteiger partial charge in [-0.2, -0.15) is 0 Å². The molecule has 0 unspecified atom stereocenters. The summed E-state index contributed by atoms with van der Waals surface area (Å²) in [4.78, 5) is 0. The summed E-state index contributed by atoms with van der Waals surface area (Å²) >= 11 is 0. The molecule has 0 saturated heterocycles. The fourth-order valence-corrected chi connectivity index (χ4v) is 2.89. The third kappa shape index (κ3) is 2.27. The highest BCUT2D eigenvalue weighted by Gasteiger charge is 2.27. The third-order valence-corrected chi connectivity index (χ3v) is 4.02. The van der Waals surface area contributed by atoms with Crippen LogP contribution in [-0.4, -0.2) is 4.57 Å². The van der Waals surface area contributed by atoms with E-state index in [1.165, 1.54) is 50.0 Å². The van der Waals surface area contributed by atoms with Crippen LogP contribution in [0.5, 0.6) is 0 Å². The van der Waals surface area contributed by atoms with Crippen LogP contribution in [0.1, 0.15) is 50.4 Å². The van der Waals surface area contributed by atoms with Gasteiger partial charge in [-0.05, 0) is 44.2 Å². The second kappa shape index (κ2) is 4.03. The first-order chi connectivity index (χ1) is 7.11. The molecule has 0 aliphatic heterocycles. The van der Waals surface area contributed by atoms with Crippen LogP contribution in [0, 0.1) is 19.3 Å². The van der Waals surface area contributed by atoms with Crippen molar-refractivity contribution in [1.82, 2.24) is 4.57 Å². The molecule has 1 aliphatic carbocycles. The van der Waals surface area contributed by atoms with Crippen LogP contribution in [0.3, 0.4) is 0 Å². The van der Waals surface area contributed by atoms with Crippen molar-refractivity contribution in [3.05, 3.63) is 23.5 Å². The van der Waals surface area contributed by atoms with Crippen LogP contribution in [0.15, 0.2) is 12.1 Å². The molecule has 0 atom stereocenters. The SMILES string of the molecule is Cc1ccc(C)n1CC1(C)CCCCC1. The number of hydrogen-bond donors (Lipinski definition) is 0. The zero-order chi connectivity index (χ0) is 10.9. The number of rotatable bonds is 2. The molecule has 1 aromatic rings. The maximum absolute atomic E-state index is 2.49. The molecule has 1 heteroatoms. The van der Waals surface area contributed by atoms with Gasteiger partial charge in [0.1, 0.15) is 0 Å². The van der Waals surface area contributed by atoms with E-state index in [1.54, 1.807) is 0 Å². The van der Waals surface area contributed by atoms with Gasteiger partial charge in [0.15, 0.2) is 0 Å². The topological polar surface area (TPSA) is 4.93 Å². The normalized spacial score (nSPS) is 20.5. The molecule has 0 radical (unpaired) electrons. The fraction of sp³-hybridized carbons (Fsp3) is 0.714. The molecule has 0 amide bonds. The average Bonchev–Trinajstić information content (AvgIpc) is 2.50. The first kappa shape index (κ1) is 10.8. The van der Waals surface area contributed by atoms with Crippen LogP contribution < -0.4 is 0 Å². The van der Waals surface area contributed by atoms with Crippen LogP contribution in [-0.2, 0) is 6.54 Å². The lowest BCUT2D eigenvalue weighted by molar-refractivity contribution is 0.181. The molecule has 2 rings (SSSR count). The van der Waals surface area contributed by atoms with Gasteiger partial charge in [0.05, 0.1) is 0 Å². The summed E-state index contributed by atoms with van der Waals surface area (Å²) in [5.74, 6) is 0. The predicted octanol–water partition coefficient (Wildman–Crippen LogP) is 4.08. The standard InChI is InChI=1S/C14H23N/c1-12-7-8-13(2)15(12)11-14(3)9-5-4-6-10-14/h7-8H,4-6,9-11H2,1-3H3. The number of hydrogen-bond acceptors (Lipinski definition) is 0. The van der Waals surface area contributed by atoms with E-state index < -0.39 is 0 Å². The summed E-state index contributed by atoms with van der Waals surface area (Å²) in [6.07, 6.45) is 7.11. The first-order valence-electron chi connectivity index (χ1n) is 6.23. The zero-order valence-corrected chi connectivity index (χ0v) is 10.3. The smallest absolute Gasteiger partial charge is 0.0278 e. The Hall–Kier alpha value is -0.720. The second-order valence-corrected chi connectivity index (χ2v) is 5.57. The van der Waals surface area contributed by atoms with Gasteiger partial charge in [0.25, 0.3) is 0 Å². The van der Waals surface area contributed by atoms with Crippen molar-refractivity contribution >= 4 is 0 Å². The Morgan fingerprint density at radius 3 is 2.13 bits per heavy atom. The van der Waals surface area contributed by atoms with Gasteiger partial charge in [-0.3, -0.25) is 0 Å². The van der Waals surface area contributed by atoms with Crippen molar-refractivity contribution in [1.29, 1.82) is 0 Å². The average molecular weight is 205 g/mol. The number of nitrogens with zero attached hydrogens (tertiary/aromatic N) is 1. The van der Waals surface area contributed by atoms with Crippen LogP contribution in [0.4, 0.5) is 0 Å². The largest absolute Gasteiger partial charge is 0.349 e. The van der Waals surface area contributed by atoms with Crippen molar-refractivity contribution in [2.24, 2.45) is 5.41 Å². The lowest BCUT2D eigenvalue weighted by Gasteiger charge is -2.35. The minimum Gasteiger partial charge on any atom is -0.349 e. The lowest BCUT2D eigenvalue weighted by atomic mass is 9.75. The summed E-state index contributed by atoms with van der Waals surface area (Å²) in [5, 5.41) is 0. The van der Waals surface area contributed by atoms with Crippen LogP contribution in [0.2, 0.25) is 0 Å². The molecule has 0 bridgehead atoms. The maximum atomic E-state index is 2.49. The molecule has 1 aromatic heterocycles. The molecule has 0 N–H and O–H groups in total. The lowest BCUT2D eigenvalue weighted by Crippen LogP contribution is -2.27. The van der Waals surface area contributed by atoms with E-state index in [0.717, 1.165) is 0 Å².